The highest BCUT2D eigenvalue weighted by Gasteiger charge is 2.34. The van der Waals surface area contributed by atoms with Crippen LogP contribution in [-0.4, -0.2) is 81.7 Å². The molecule has 1 aliphatic rings. The fraction of sp³-hybridized carbons (Fsp3) is 0.294. The minimum Gasteiger partial charge on any atom is -0.486 e. The lowest BCUT2D eigenvalue weighted by Gasteiger charge is -2.38. The van der Waals surface area contributed by atoms with Gasteiger partial charge >= 0.3 is 5.97 Å². The van der Waals surface area contributed by atoms with Gasteiger partial charge in [0.25, 0.3) is 11.8 Å². The van der Waals surface area contributed by atoms with Gasteiger partial charge in [0.05, 0.1) is 29.5 Å². The van der Waals surface area contributed by atoms with Gasteiger partial charge in [-0.3, -0.25) is 14.5 Å². The van der Waals surface area contributed by atoms with Gasteiger partial charge in [-0.15, -0.1) is 11.3 Å². The first kappa shape index (κ1) is 31.8. The highest BCUT2D eigenvalue weighted by Crippen LogP contribution is 2.35. The summed E-state index contributed by atoms with van der Waals surface area (Å²) in [6, 6.07) is 18.6. The number of hydrogen-bond acceptors (Lipinski definition) is 8. The number of ether oxygens (including phenoxy) is 1. The smallest absolute Gasteiger partial charge is 0.335 e. The molecule has 1 aliphatic heterocycles. The Morgan fingerprint density at radius 1 is 1.11 bits per heavy atom. The second-order valence-electron chi connectivity index (χ2n) is 11.4. The molecular weight excluding hydrogens is 592 g/mol. The van der Waals surface area contributed by atoms with Crippen LogP contribution in [0.4, 0.5) is 5.69 Å². The molecule has 0 unspecified atom stereocenters. The molecule has 3 N–H and O–H groups in total. The van der Waals surface area contributed by atoms with Gasteiger partial charge in [0, 0.05) is 48.3 Å². The maximum absolute atomic E-state index is 13.8. The van der Waals surface area contributed by atoms with Crippen LogP contribution in [-0.2, 0) is 6.54 Å². The van der Waals surface area contributed by atoms with Crippen LogP contribution in [0.2, 0.25) is 0 Å². The first-order valence-corrected chi connectivity index (χ1v) is 15.6. The third-order valence-electron chi connectivity index (χ3n) is 7.91. The van der Waals surface area contributed by atoms with Gasteiger partial charge in [0.15, 0.2) is 5.75 Å². The van der Waals surface area contributed by atoms with Crippen LogP contribution in [0.3, 0.4) is 0 Å². The van der Waals surface area contributed by atoms with Crippen LogP contribution >= 0.6 is 11.3 Å². The average molecular weight is 629 g/mol. The Kier molecular flexibility index (Phi) is 9.92. The molecule has 5 rings (SSSR count). The molecule has 1 aromatic heterocycles. The van der Waals surface area contributed by atoms with Gasteiger partial charge in [-0.05, 0) is 55.9 Å². The summed E-state index contributed by atoms with van der Waals surface area (Å²) in [6.07, 6.45) is 1.35. The van der Waals surface area contributed by atoms with Gasteiger partial charge in [0.2, 0.25) is 0 Å². The molecule has 0 fully saturated rings. The lowest BCUT2D eigenvalue weighted by Crippen LogP contribution is -2.49. The van der Waals surface area contributed by atoms with E-state index in [1.807, 2.05) is 31.5 Å². The van der Waals surface area contributed by atoms with E-state index >= 15 is 0 Å². The van der Waals surface area contributed by atoms with Crippen LogP contribution in [0.15, 0.2) is 78.3 Å². The van der Waals surface area contributed by atoms with Gasteiger partial charge in [0.1, 0.15) is 11.1 Å². The fourth-order valence-corrected chi connectivity index (χ4v) is 5.97. The van der Waals surface area contributed by atoms with Gasteiger partial charge in [-0.1, -0.05) is 37.3 Å². The summed E-state index contributed by atoms with van der Waals surface area (Å²) in [5.74, 6) is -1.46. The third kappa shape index (κ3) is 7.39. The number of carboxylic acid groups (broad SMARTS) is 1. The van der Waals surface area contributed by atoms with E-state index in [-0.39, 0.29) is 41.8 Å². The van der Waals surface area contributed by atoms with Crippen molar-refractivity contribution >= 4 is 34.8 Å². The van der Waals surface area contributed by atoms with Crippen LogP contribution in [0, 0.1) is 5.92 Å². The number of carboxylic acids is 1. The number of hydrogen-bond donors (Lipinski definition) is 3. The second-order valence-corrected chi connectivity index (χ2v) is 12.3. The van der Waals surface area contributed by atoms with E-state index in [1.54, 1.807) is 72.6 Å². The summed E-state index contributed by atoms with van der Waals surface area (Å²) < 4.78 is 6.63. The molecule has 3 aromatic carbocycles. The normalized spacial score (nSPS) is 17.2. The van der Waals surface area contributed by atoms with Gasteiger partial charge < -0.3 is 25.2 Å². The van der Waals surface area contributed by atoms with Crippen molar-refractivity contribution in [2.75, 3.05) is 32.1 Å². The zero-order chi connectivity index (χ0) is 32.1. The van der Waals surface area contributed by atoms with Crippen molar-refractivity contribution in [1.82, 2.24) is 14.8 Å². The Labute approximate surface area is 265 Å². The summed E-state index contributed by atoms with van der Waals surface area (Å²) in [5.41, 5.74) is 3.20. The molecule has 0 bridgehead atoms. The Balaban J connectivity index is 1.41. The molecule has 45 heavy (non-hydrogen) atoms. The fourth-order valence-electron chi connectivity index (χ4n) is 5.32. The summed E-state index contributed by atoms with van der Waals surface area (Å²) in [7, 11) is 1.95. The molecule has 2 heterocycles. The molecule has 3 atom stereocenters. The number of aliphatic hydroxyl groups excluding tert-OH is 1. The number of carbonyl (C=O) groups is 3. The van der Waals surface area contributed by atoms with E-state index in [1.165, 1.54) is 11.3 Å². The highest BCUT2D eigenvalue weighted by molar-refractivity contribution is 7.13. The Hall–Kier alpha value is -4.58. The maximum Gasteiger partial charge on any atom is 0.335 e. The minimum absolute atomic E-state index is 0.130. The Morgan fingerprint density at radius 2 is 1.82 bits per heavy atom. The SMILES string of the molecule is C[C@H](CO)N1C[C@H](C)[C@@H](CN(C)Cc2ccc(C(=O)O)cc2)Oc2c(NC(=O)c3ccc(-c4nccs4)cc3)cccc2C1=O. The number of aromatic nitrogens is 1. The predicted octanol–water partition coefficient (Wildman–Crippen LogP) is 5.11. The molecular formula is C34H36N4O6S. The topological polar surface area (TPSA) is 132 Å². The van der Waals surface area contributed by atoms with Crippen molar-refractivity contribution in [1.29, 1.82) is 0 Å². The van der Waals surface area contributed by atoms with Crippen LogP contribution in [0.1, 0.15) is 50.5 Å². The maximum atomic E-state index is 13.8. The zero-order valence-electron chi connectivity index (χ0n) is 25.3. The van der Waals surface area contributed by atoms with Crippen molar-refractivity contribution in [3.05, 3.63) is 101 Å². The van der Waals surface area contributed by atoms with E-state index in [0.29, 0.717) is 36.4 Å². The number of nitrogens with zero attached hydrogens (tertiary/aromatic N) is 3. The number of benzene rings is 3. The Morgan fingerprint density at radius 3 is 2.47 bits per heavy atom. The monoisotopic (exact) mass is 628 g/mol. The molecule has 10 nitrogen and oxygen atoms in total. The lowest BCUT2D eigenvalue weighted by atomic mass is 9.98. The van der Waals surface area contributed by atoms with E-state index in [9.17, 15) is 24.6 Å². The Bertz CT molecular complexity index is 1640. The summed E-state index contributed by atoms with van der Waals surface area (Å²) in [4.78, 5) is 46.5. The summed E-state index contributed by atoms with van der Waals surface area (Å²) in [6.45, 7) is 5.00. The molecule has 2 amide bonds. The quantitative estimate of drug-likeness (QED) is 0.221. The van der Waals surface area contributed by atoms with Gasteiger partial charge in [-0.25, -0.2) is 9.78 Å². The van der Waals surface area contributed by atoms with Crippen LogP contribution in [0.5, 0.6) is 5.75 Å². The van der Waals surface area contributed by atoms with E-state index in [0.717, 1.165) is 16.1 Å². The van der Waals surface area contributed by atoms with E-state index < -0.39 is 12.0 Å². The second kappa shape index (κ2) is 14.0. The average Bonchev–Trinajstić information content (AvgIpc) is 3.58. The number of anilines is 1. The van der Waals surface area contributed by atoms with E-state index in [4.69, 9.17) is 4.74 Å². The molecule has 4 aromatic rings. The molecule has 234 valence electrons. The standard InChI is InChI=1S/C34H36N4O6S/c1-21-17-38(22(2)20-39)33(41)27-5-4-6-28(36-31(40)24-11-13-25(14-12-24)32-35-15-16-45-32)30(27)44-29(21)19-37(3)18-23-7-9-26(10-8-23)34(42)43/h4-16,21-22,29,39H,17-20H2,1-3H3,(H,36,40)(H,42,43)/t21-,22+,29+/m0/s1. The third-order valence-corrected chi connectivity index (χ3v) is 8.73. The number of amides is 2. The van der Waals surface area contributed by atoms with Crippen molar-refractivity contribution in [3.63, 3.8) is 0 Å². The number of thiazole rings is 1. The van der Waals surface area contributed by atoms with Crippen molar-refractivity contribution in [2.45, 2.75) is 32.5 Å². The predicted molar refractivity (Wildman–Crippen MR) is 173 cm³/mol. The number of aromatic carboxylic acids is 1. The van der Waals surface area contributed by atoms with Crippen LogP contribution < -0.4 is 10.1 Å². The number of likely N-dealkylation sites (N-methyl/N-ethyl adjacent to an activating group) is 1. The van der Waals surface area contributed by atoms with Crippen molar-refractivity contribution < 1.29 is 29.3 Å². The molecule has 0 saturated carbocycles. The molecule has 0 saturated heterocycles. The van der Waals surface area contributed by atoms with E-state index in [2.05, 4.69) is 15.2 Å². The van der Waals surface area contributed by atoms with Crippen LogP contribution in [0.25, 0.3) is 10.6 Å². The number of para-hydroxylation sites is 1. The largest absolute Gasteiger partial charge is 0.486 e. The first-order valence-electron chi connectivity index (χ1n) is 14.7. The van der Waals surface area contributed by atoms with Gasteiger partial charge in [-0.2, -0.15) is 0 Å². The number of nitrogens with one attached hydrogen (secondary N) is 1. The number of rotatable bonds is 10. The first-order chi connectivity index (χ1) is 21.6. The summed E-state index contributed by atoms with van der Waals surface area (Å²) in [5, 5.41) is 24.9. The minimum atomic E-state index is -0.975. The molecule has 0 spiro atoms. The lowest BCUT2D eigenvalue weighted by molar-refractivity contribution is 0.0343. The molecule has 0 radical (unpaired) electrons. The van der Waals surface area contributed by atoms with Crippen molar-refractivity contribution in [3.8, 4) is 16.3 Å². The number of carbonyl (C=O) groups excluding carboxylic acids is 2. The van der Waals surface area contributed by atoms with Crippen molar-refractivity contribution in [2.24, 2.45) is 5.92 Å². The molecule has 0 aliphatic carbocycles. The number of aliphatic hydroxyl groups is 1. The highest BCUT2D eigenvalue weighted by atomic mass is 32.1. The number of fused-ring (bicyclic) bond motifs is 1. The molecule has 11 heteroatoms. The summed E-state index contributed by atoms with van der Waals surface area (Å²) >= 11 is 1.52. The zero-order valence-corrected chi connectivity index (χ0v) is 26.2.